The first kappa shape index (κ1) is 27.8. The molecule has 0 aliphatic heterocycles. The van der Waals surface area contributed by atoms with E-state index in [0.29, 0.717) is 21.9 Å². The third-order valence-electron chi connectivity index (χ3n) is 5.71. The Bertz CT molecular complexity index is 1700. The lowest BCUT2D eigenvalue weighted by atomic mass is 10.1. The molecule has 0 radical (unpaired) electrons. The highest BCUT2D eigenvalue weighted by Crippen LogP contribution is 2.26. The fraction of sp³-hybridized carbons (Fsp3) is 0.0323. The van der Waals surface area contributed by atoms with E-state index in [1.807, 2.05) is 30.3 Å². The van der Waals surface area contributed by atoms with Crippen molar-refractivity contribution in [3.05, 3.63) is 126 Å². The van der Waals surface area contributed by atoms with Crippen molar-refractivity contribution in [1.29, 1.82) is 0 Å². The molecule has 0 fully saturated rings. The van der Waals surface area contributed by atoms with Crippen molar-refractivity contribution in [3.63, 3.8) is 0 Å². The number of thioether (sulfide) groups is 1. The van der Waals surface area contributed by atoms with E-state index in [4.69, 9.17) is 0 Å². The zero-order valence-corrected chi connectivity index (χ0v) is 23.1. The molecule has 5 rings (SSSR count). The maximum absolute atomic E-state index is 13.4. The molecular formula is C31H23FN4O3S2. The van der Waals surface area contributed by atoms with Gasteiger partial charge in [0.1, 0.15) is 11.5 Å². The Balaban J connectivity index is 1.25. The summed E-state index contributed by atoms with van der Waals surface area (Å²) in [6.07, 6.45) is 1.47. The van der Waals surface area contributed by atoms with Crippen LogP contribution >= 0.6 is 23.1 Å². The first-order chi connectivity index (χ1) is 19.9. The highest BCUT2D eigenvalue weighted by atomic mass is 32.2. The van der Waals surface area contributed by atoms with Crippen molar-refractivity contribution in [2.75, 3.05) is 16.4 Å². The zero-order valence-electron chi connectivity index (χ0n) is 21.5. The summed E-state index contributed by atoms with van der Waals surface area (Å²) in [5.74, 6) is -1.48. The van der Waals surface area contributed by atoms with Gasteiger partial charge in [0.15, 0.2) is 5.13 Å². The van der Waals surface area contributed by atoms with Gasteiger partial charge in [-0.05, 0) is 66.2 Å². The molecule has 1 aromatic heterocycles. The molecule has 10 heteroatoms. The number of benzene rings is 4. The third-order valence-corrected chi connectivity index (χ3v) is 7.66. The van der Waals surface area contributed by atoms with Crippen molar-refractivity contribution in [2.24, 2.45) is 0 Å². The molecular weight excluding hydrogens is 559 g/mol. The monoisotopic (exact) mass is 582 g/mol. The molecule has 7 nitrogen and oxygen atoms in total. The Morgan fingerprint density at radius 2 is 1.61 bits per heavy atom. The molecule has 0 saturated heterocycles. The predicted molar refractivity (Wildman–Crippen MR) is 162 cm³/mol. The van der Waals surface area contributed by atoms with Gasteiger partial charge in [-0.2, -0.15) is 0 Å². The van der Waals surface area contributed by atoms with Gasteiger partial charge in [-0.25, -0.2) is 9.37 Å². The van der Waals surface area contributed by atoms with Crippen LogP contribution < -0.4 is 16.0 Å². The van der Waals surface area contributed by atoms with Crippen LogP contribution in [-0.2, 0) is 9.59 Å². The molecule has 1 heterocycles. The number of hydrogen-bond donors (Lipinski definition) is 3. The molecule has 204 valence electrons. The second-order valence-electron chi connectivity index (χ2n) is 8.74. The van der Waals surface area contributed by atoms with Gasteiger partial charge in [0.2, 0.25) is 5.91 Å². The van der Waals surface area contributed by atoms with Crippen molar-refractivity contribution < 1.29 is 18.8 Å². The molecule has 5 aromatic rings. The van der Waals surface area contributed by atoms with Gasteiger partial charge >= 0.3 is 0 Å². The van der Waals surface area contributed by atoms with Crippen LogP contribution in [0.1, 0.15) is 15.9 Å². The van der Waals surface area contributed by atoms with E-state index in [-0.39, 0.29) is 17.4 Å². The number of para-hydroxylation sites is 1. The van der Waals surface area contributed by atoms with E-state index in [0.717, 1.165) is 15.1 Å². The summed E-state index contributed by atoms with van der Waals surface area (Å²) >= 11 is 2.72. The molecule has 0 saturated carbocycles. The van der Waals surface area contributed by atoms with E-state index in [1.165, 1.54) is 53.4 Å². The average Bonchev–Trinajstić information content (AvgIpc) is 3.39. The second-order valence-corrected chi connectivity index (χ2v) is 10.8. The molecule has 0 aliphatic carbocycles. The Hall–Kier alpha value is -4.80. The number of halogens is 1. The number of carbonyl (C=O) groups is 3. The summed E-state index contributed by atoms with van der Waals surface area (Å²) in [5, 5.41) is 8.82. The van der Waals surface area contributed by atoms with Crippen molar-refractivity contribution in [3.8, 4) is 0 Å². The SMILES string of the molecule is O=C(CSc1cccc(NC(=O)/C(=C/c2ccc(F)cc2)NC(=O)c2ccccc2)c1)Nc1nc2ccccc2s1. The van der Waals surface area contributed by atoms with E-state index in [9.17, 15) is 18.8 Å². The maximum Gasteiger partial charge on any atom is 0.272 e. The fourth-order valence-corrected chi connectivity index (χ4v) is 5.40. The molecule has 41 heavy (non-hydrogen) atoms. The second kappa shape index (κ2) is 13.0. The number of aromatic nitrogens is 1. The standard InChI is InChI=1S/C31H23FN4O3S2/c32-22-15-13-20(14-16-22)17-26(34-29(38)21-7-2-1-3-8-21)30(39)33-23-9-6-10-24(18-23)40-19-28(37)36-31-35-25-11-4-5-12-27(25)41-31/h1-18H,19H2,(H,33,39)(H,34,38)(H,35,36,37)/b26-17-. The minimum Gasteiger partial charge on any atom is -0.321 e. The number of fused-ring (bicyclic) bond motifs is 1. The zero-order chi connectivity index (χ0) is 28.6. The van der Waals surface area contributed by atoms with Gasteiger partial charge in [-0.1, -0.05) is 59.9 Å². The van der Waals surface area contributed by atoms with Crippen LogP contribution in [0.25, 0.3) is 16.3 Å². The lowest BCUT2D eigenvalue weighted by molar-refractivity contribution is -0.114. The number of nitrogens with zero attached hydrogens (tertiary/aromatic N) is 1. The highest BCUT2D eigenvalue weighted by Gasteiger charge is 2.16. The quantitative estimate of drug-likeness (QED) is 0.135. The van der Waals surface area contributed by atoms with E-state index >= 15 is 0 Å². The van der Waals surface area contributed by atoms with E-state index in [1.54, 1.807) is 48.5 Å². The van der Waals surface area contributed by atoms with E-state index in [2.05, 4.69) is 20.9 Å². The van der Waals surface area contributed by atoms with Crippen LogP contribution in [0.15, 0.2) is 114 Å². The largest absolute Gasteiger partial charge is 0.321 e. The Morgan fingerprint density at radius 3 is 2.39 bits per heavy atom. The molecule has 4 aromatic carbocycles. The Kier molecular flexibility index (Phi) is 8.82. The lowest BCUT2D eigenvalue weighted by Gasteiger charge is -2.12. The topological polar surface area (TPSA) is 100 Å². The van der Waals surface area contributed by atoms with Crippen LogP contribution in [0.5, 0.6) is 0 Å². The van der Waals surface area contributed by atoms with Gasteiger partial charge < -0.3 is 16.0 Å². The molecule has 3 N–H and O–H groups in total. The van der Waals surface area contributed by atoms with Gasteiger partial charge in [0.05, 0.1) is 16.0 Å². The average molecular weight is 583 g/mol. The summed E-state index contributed by atoms with van der Waals surface area (Å²) < 4.78 is 14.4. The smallest absolute Gasteiger partial charge is 0.272 e. The molecule has 0 bridgehead atoms. The lowest BCUT2D eigenvalue weighted by Crippen LogP contribution is -2.30. The number of thiazole rings is 1. The first-order valence-electron chi connectivity index (χ1n) is 12.5. The normalized spacial score (nSPS) is 11.2. The molecule has 0 atom stereocenters. The number of rotatable bonds is 9. The van der Waals surface area contributed by atoms with Crippen molar-refractivity contribution in [2.45, 2.75) is 4.90 Å². The number of hydrogen-bond acceptors (Lipinski definition) is 6. The number of nitrogens with one attached hydrogen (secondary N) is 3. The van der Waals surface area contributed by atoms with Crippen LogP contribution in [0.2, 0.25) is 0 Å². The molecule has 0 spiro atoms. The Labute approximate surface area is 243 Å². The highest BCUT2D eigenvalue weighted by molar-refractivity contribution is 8.00. The van der Waals surface area contributed by atoms with Gasteiger partial charge in [-0.15, -0.1) is 11.8 Å². The van der Waals surface area contributed by atoms with Crippen LogP contribution in [-0.4, -0.2) is 28.5 Å². The minimum atomic E-state index is -0.561. The van der Waals surface area contributed by atoms with Crippen LogP contribution in [0.4, 0.5) is 15.2 Å². The first-order valence-corrected chi connectivity index (χ1v) is 14.3. The molecule has 0 aliphatic rings. The van der Waals surface area contributed by atoms with Gasteiger partial charge in [0.25, 0.3) is 11.8 Å². The van der Waals surface area contributed by atoms with Gasteiger partial charge in [-0.3, -0.25) is 14.4 Å². The van der Waals surface area contributed by atoms with Crippen LogP contribution in [0.3, 0.4) is 0 Å². The number of anilines is 2. The van der Waals surface area contributed by atoms with Crippen molar-refractivity contribution >= 4 is 67.9 Å². The Morgan fingerprint density at radius 1 is 0.854 bits per heavy atom. The summed E-state index contributed by atoms with van der Waals surface area (Å²) in [5.41, 5.74) is 2.21. The predicted octanol–water partition coefficient (Wildman–Crippen LogP) is 6.58. The molecule has 0 unspecified atom stereocenters. The van der Waals surface area contributed by atoms with E-state index < -0.39 is 17.6 Å². The fourth-order valence-electron chi connectivity index (χ4n) is 3.76. The summed E-state index contributed by atoms with van der Waals surface area (Å²) in [4.78, 5) is 43.8. The minimum absolute atomic E-state index is 0.0151. The summed E-state index contributed by atoms with van der Waals surface area (Å²) in [6.45, 7) is 0. The molecule has 3 amide bonds. The number of carbonyl (C=O) groups excluding carboxylic acids is 3. The summed E-state index contributed by atoms with van der Waals surface area (Å²) in [6, 6.07) is 28.8. The summed E-state index contributed by atoms with van der Waals surface area (Å²) in [7, 11) is 0. The maximum atomic E-state index is 13.4. The van der Waals surface area contributed by atoms with Gasteiger partial charge in [0, 0.05) is 16.1 Å². The van der Waals surface area contributed by atoms with Crippen molar-refractivity contribution in [1.82, 2.24) is 10.3 Å². The third kappa shape index (κ3) is 7.65. The van der Waals surface area contributed by atoms with Crippen LogP contribution in [0, 0.1) is 5.82 Å². The number of amides is 3.